The number of carbonyl (C=O) groups excluding carboxylic acids is 3. The van der Waals surface area contributed by atoms with Gasteiger partial charge in [-0.25, -0.2) is 13.2 Å². The van der Waals surface area contributed by atoms with Crippen molar-refractivity contribution in [2.45, 2.75) is 32.8 Å². The topological polar surface area (TPSA) is 116 Å². The van der Waals surface area contributed by atoms with Gasteiger partial charge in [-0.1, -0.05) is 6.92 Å². The molecule has 1 fully saturated rings. The lowest BCUT2D eigenvalue weighted by Crippen LogP contribution is -2.33. The quantitative estimate of drug-likeness (QED) is 0.316. The number of halogens is 3. The van der Waals surface area contributed by atoms with Gasteiger partial charge < -0.3 is 10.1 Å². The van der Waals surface area contributed by atoms with Gasteiger partial charge >= 0.3 is 5.97 Å². The van der Waals surface area contributed by atoms with Crippen LogP contribution in [-0.2, 0) is 19.1 Å². The minimum atomic E-state index is -1.77. The number of amides is 1. The Bertz CT molecular complexity index is 847. The van der Waals surface area contributed by atoms with Crippen molar-refractivity contribution in [2.24, 2.45) is 17.8 Å². The third kappa shape index (κ3) is 5.30. The Balaban J connectivity index is 1.97. The molecule has 0 bridgehead atoms. The standard InChI is InChI=1S/C18H19F3N2O6/c1-8-5-14(24)10(11(8)7-23(27)28)6-15(25)29-9(2)18(26)22-13-4-3-12(19)16(20)17(13)21/h3-4,8-11H,5-7H2,1-2H3,(H,22,26)/t8-,9+,10-,11-/m1/s1. The molecule has 1 aromatic carbocycles. The molecule has 11 heteroatoms. The fraction of sp³-hybridized carbons (Fsp3) is 0.500. The summed E-state index contributed by atoms with van der Waals surface area (Å²) >= 11 is 0. The van der Waals surface area contributed by atoms with Crippen molar-refractivity contribution in [1.82, 2.24) is 0 Å². The minimum absolute atomic E-state index is 0.113. The van der Waals surface area contributed by atoms with Gasteiger partial charge in [-0.3, -0.25) is 24.5 Å². The lowest BCUT2D eigenvalue weighted by atomic mass is 9.88. The summed E-state index contributed by atoms with van der Waals surface area (Å²) in [6, 6.07) is 1.42. The van der Waals surface area contributed by atoms with Crippen LogP contribution in [0.25, 0.3) is 0 Å². The molecule has 1 aromatic rings. The van der Waals surface area contributed by atoms with Crippen LogP contribution in [-0.4, -0.2) is 35.2 Å². The molecule has 1 aliphatic carbocycles. The van der Waals surface area contributed by atoms with E-state index in [4.69, 9.17) is 4.74 Å². The molecule has 0 heterocycles. The fourth-order valence-electron chi connectivity index (χ4n) is 3.34. The SMILES string of the molecule is C[C@H](OC(=O)C[C@H]1C(=O)C[C@@H](C)[C@H]1C[N+](=O)[O-])C(=O)Nc1ccc(F)c(F)c1F. The second-order valence-corrected chi connectivity index (χ2v) is 6.98. The predicted molar refractivity (Wildman–Crippen MR) is 92.7 cm³/mol. The van der Waals surface area contributed by atoms with Crippen molar-refractivity contribution in [2.75, 3.05) is 11.9 Å². The highest BCUT2D eigenvalue weighted by Gasteiger charge is 2.44. The molecule has 0 aromatic heterocycles. The Morgan fingerprint density at radius 3 is 2.59 bits per heavy atom. The number of hydrogen-bond acceptors (Lipinski definition) is 6. The number of nitrogens with zero attached hydrogens (tertiary/aromatic N) is 1. The zero-order chi connectivity index (χ0) is 21.9. The number of rotatable bonds is 7. The summed E-state index contributed by atoms with van der Waals surface area (Å²) in [4.78, 5) is 46.4. The largest absolute Gasteiger partial charge is 0.453 e. The zero-order valence-electron chi connectivity index (χ0n) is 15.6. The van der Waals surface area contributed by atoms with E-state index in [1.54, 1.807) is 6.92 Å². The van der Waals surface area contributed by atoms with Gasteiger partial charge in [0.2, 0.25) is 6.54 Å². The summed E-state index contributed by atoms with van der Waals surface area (Å²) in [7, 11) is 0. The first kappa shape index (κ1) is 22.3. The van der Waals surface area contributed by atoms with Gasteiger partial charge in [0.05, 0.1) is 12.1 Å². The van der Waals surface area contributed by atoms with E-state index < -0.39 is 70.8 Å². The first-order valence-electron chi connectivity index (χ1n) is 8.79. The summed E-state index contributed by atoms with van der Waals surface area (Å²) < 4.78 is 44.7. The maximum Gasteiger partial charge on any atom is 0.307 e. The summed E-state index contributed by atoms with van der Waals surface area (Å²) in [6.07, 6.45) is -1.75. The van der Waals surface area contributed by atoms with Crippen LogP contribution in [0, 0.1) is 45.3 Å². The van der Waals surface area contributed by atoms with Gasteiger partial charge in [0.25, 0.3) is 5.91 Å². The van der Waals surface area contributed by atoms with Gasteiger partial charge in [0, 0.05) is 23.2 Å². The number of hydrogen-bond donors (Lipinski definition) is 1. The molecule has 0 radical (unpaired) electrons. The summed E-state index contributed by atoms with van der Waals surface area (Å²) in [5.74, 6) is -8.80. The third-order valence-electron chi connectivity index (χ3n) is 4.90. The molecular weight excluding hydrogens is 397 g/mol. The average molecular weight is 416 g/mol. The van der Waals surface area contributed by atoms with Crippen LogP contribution in [0.5, 0.6) is 0 Å². The maximum atomic E-state index is 13.6. The molecule has 158 valence electrons. The Labute approximate surface area is 163 Å². The van der Waals surface area contributed by atoms with Gasteiger partial charge in [-0.2, -0.15) is 0 Å². The van der Waals surface area contributed by atoms with E-state index in [9.17, 15) is 37.7 Å². The van der Waals surface area contributed by atoms with Crippen molar-refractivity contribution in [3.05, 3.63) is 39.7 Å². The van der Waals surface area contributed by atoms with Crippen molar-refractivity contribution < 1.29 is 37.2 Å². The number of Topliss-reactive ketones (excluding diaryl/α,β-unsaturated/α-hetero) is 1. The monoisotopic (exact) mass is 416 g/mol. The normalized spacial score (nSPS) is 22.2. The van der Waals surface area contributed by atoms with E-state index >= 15 is 0 Å². The number of esters is 1. The Morgan fingerprint density at radius 1 is 1.31 bits per heavy atom. The van der Waals surface area contributed by atoms with Crippen molar-refractivity contribution >= 4 is 23.3 Å². The zero-order valence-corrected chi connectivity index (χ0v) is 15.6. The fourth-order valence-corrected chi connectivity index (χ4v) is 3.34. The lowest BCUT2D eigenvalue weighted by Gasteiger charge is -2.19. The third-order valence-corrected chi connectivity index (χ3v) is 4.90. The summed E-state index contributed by atoms with van der Waals surface area (Å²) in [5, 5.41) is 12.8. The molecule has 0 aliphatic heterocycles. The van der Waals surface area contributed by atoms with Crippen molar-refractivity contribution in [3.8, 4) is 0 Å². The molecule has 1 aliphatic rings. The number of anilines is 1. The van der Waals surface area contributed by atoms with E-state index in [1.807, 2.05) is 5.32 Å². The number of nitro groups is 1. The van der Waals surface area contributed by atoms with Crippen molar-refractivity contribution in [3.63, 3.8) is 0 Å². The number of carbonyl (C=O) groups is 3. The maximum absolute atomic E-state index is 13.6. The molecule has 0 saturated heterocycles. The molecule has 8 nitrogen and oxygen atoms in total. The Morgan fingerprint density at radius 2 is 1.97 bits per heavy atom. The van der Waals surface area contributed by atoms with Gasteiger partial charge in [0.15, 0.2) is 23.6 Å². The van der Waals surface area contributed by atoms with Crippen LogP contribution >= 0.6 is 0 Å². The molecule has 2 rings (SSSR count). The molecule has 1 amide bonds. The smallest absolute Gasteiger partial charge is 0.307 e. The van der Waals surface area contributed by atoms with E-state index in [0.717, 1.165) is 6.07 Å². The number of ketones is 1. The van der Waals surface area contributed by atoms with Gasteiger partial charge in [-0.05, 0) is 25.0 Å². The van der Waals surface area contributed by atoms with Crippen LogP contribution in [0.15, 0.2) is 12.1 Å². The van der Waals surface area contributed by atoms with Crippen LogP contribution in [0.4, 0.5) is 18.9 Å². The highest BCUT2D eigenvalue weighted by molar-refractivity contribution is 5.95. The highest BCUT2D eigenvalue weighted by Crippen LogP contribution is 2.36. The van der Waals surface area contributed by atoms with Crippen LogP contribution in [0.3, 0.4) is 0 Å². The molecule has 1 N–H and O–H groups in total. The minimum Gasteiger partial charge on any atom is -0.453 e. The van der Waals surface area contributed by atoms with E-state index in [2.05, 4.69) is 0 Å². The molecular formula is C18H19F3N2O6. The number of ether oxygens (including phenoxy) is 1. The Kier molecular flexibility index (Phi) is 6.93. The predicted octanol–water partition coefficient (Wildman–Crippen LogP) is 2.48. The lowest BCUT2D eigenvalue weighted by molar-refractivity contribution is -0.490. The summed E-state index contributed by atoms with van der Waals surface area (Å²) in [6.45, 7) is 2.39. The molecule has 0 spiro atoms. The van der Waals surface area contributed by atoms with E-state index in [0.29, 0.717) is 6.07 Å². The summed E-state index contributed by atoms with van der Waals surface area (Å²) in [5.41, 5.74) is -0.636. The number of nitrogens with one attached hydrogen (secondary N) is 1. The van der Waals surface area contributed by atoms with E-state index in [-0.39, 0.29) is 18.1 Å². The van der Waals surface area contributed by atoms with Crippen LogP contribution in [0.2, 0.25) is 0 Å². The molecule has 4 atom stereocenters. The van der Waals surface area contributed by atoms with Crippen LogP contribution < -0.4 is 5.32 Å². The Hall–Kier alpha value is -2.98. The van der Waals surface area contributed by atoms with Gasteiger partial charge in [0.1, 0.15) is 5.78 Å². The van der Waals surface area contributed by atoms with E-state index in [1.165, 1.54) is 6.92 Å². The first-order chi connectivity index (χ1) is 13.5. The second-order valence-electron chi connectivity index (χ2n) is 6.98. The average Bonchev–Trinajstić information content (AvgIpc) is 2.88. The first-order valence-corrected chi connectivity index (χ1v) is 8.79. The van der Waals surface area contributed by atoms with Crippen molar-refractivity contribution in [1.29, 1.82) is 0 Å². The molecule has 0 unspecified atom stereocenters. The van der Waals surface area contributed by atoms with Crippen LogP contribution in [0.1, 0.15) is 26.7 Å². The van der Waals surface area contributed by atoms with Gasteiger partial charge in [-0.15, -0.1) is 0 Å². The second kappa shape index (κ2) is 9.01. The highest BCUT2D eigenvalue weighted by atomic mass is 19.2. The molecule has 1 saturated carbocycles. The number of benzene rings is 1. The molecule has 29 heavy (non-hydrogen) atoms.